The summed E-state index contributed by atoms with van der Waals surface area (Å²) in [5, 5.41) is 0.751. The fourth-order valence-corrected chi connectivity index (χ4v) is 4.79. The quantitative estimate of drug-likeness (QED) is 0.184. The smallest absolute Gasteiger partial charge is 0.253 e. The Bertz CT molecular complexity index is 1260. The molecule has 0 N–H and O–H groups in total. The van der Waals surface area contributed by atoms with Crippen LogP contribution in [-0.4, -0.2) is 40.9 Å². The summed E-state index contributed by atoms with van der Waals surface area (Å²) in [5.41, 5.74) is 4.94. The van der Waals surface area contributed by atoms with Crippen molar-refractivity contribution in [2.24, 2.45) is 0 Å². The zero-order valence-electron chi connectivity index (χ0n) is 21.1. The molecule has 1 amide bonds. The third-order valence-electron chi connectivity index (χ3n) is 6.03. The minimum Gasteiger partial charge on any atom is -0.357 e. The van der Waals surface area contributed by atoms with E-state index in [-0.39, 0.29) is 5.91 Å². The van der Waals surface area contributed by atoms with Gasteiger partial charge < -0.3 is 9.80 Å². The van der Waals surface area contributed by atoms with Crippen LogP contribution < -0.4 is 4.90 Å². The second kappa shape index (κ2) is 12.4. The van der Waals surface area contributed by atoms with Crippen molar-refractivity contribution < 1.29 is 4.79 Å². The van der Waals surface area contributed by atoms with Gasteiger partial charge in [-0.05, 0) is 37.1 Å². The molecule has 0 unspecified atom stereocenters. The van der Waals surface area contributed by atoms with Crippen molar-refractivity contribution in [2.45, 2.75) is 31.3 Å². The molecule has 0 aliphatic rings. The van der Waals surface area contributed by atoms with Crippen LogP contribution in [0.2, 0.25) is 0 Å². The average molecular weight is 497 g/mol. The van der Waals surface area contributed by atoms with E-state index in [1.165, 1.54) is 0 Å². The van der Waals surface area contributed by atoms with E-state index < -0.39 is 0 Å². The Labute approximate surface area is 218 Å². The summed E-state index contributed by atoms with van der Waals surface area (Å²) in [6.45, 7) is 6.64. The van der Waals surface area contributed by atoms with Crippen LogP contribution >= 0.6 is 11.8 Å². The molecule has 4 aromatic rings. The highest BCUT2D eigenvalue weighted by molar-refractivity contribution is 7.98. The minimum atomic E-state index is 0.0146. The Kier molecular flexibility index (Phi) is 8.74. The number of amides is 1. The fourth-order valence-electron chi connectivity index (χ4n) is 3.98. The number of carbonyl (C=O) groups is 1. The zero-order chi connectivity index (χ0) is 25.3. The lowest BCUT2D eigenvalue weighted by Crippen LogP contribution is -2.26. The second-order valence-corrected chi connectivity index (χ2v) is 9.51. The summed E-state index contributed by atoms with van der Waals surface area (Å²) in [5.74, 6) is 1.68. The topological polar surface area (TPSA) is 49.3 Å². The number of thioether (sulfide) groups is 1. The lowest BCUT2D eigenvalue weighted by atomic mass is 10.1. The van der Waals surface area contributed by atoms with E-state index in [4.69, 9.17) is 9.97 Å². The van der Waals surface area contributed by atoms with Crippen LogP contribution in [0.25, 0.3) is 11.3 Å². The van der Waals surface area contributed by atoms with Crippen molar-refractivity contribution >= 4 is 23.5 Å². The number of carbonyl (C=O) groups excluding carboxylic acids is 1. The molecule has 6 heteroatoms. The molecule has 36 heavy (non-hydrogen) atoms. The lowest BCUT2D eigenvalue weighted by molar-refractivity contribution is 0.0785. The minimum absolute atomic E-state index is 0.0146. The van der Waals surface area contributed by atoms with E-state index in [0.29, 0.717) is 12.1 Å². The molecule has 0 fully saturated rings. The molecule has 184 valence electrons. The van der Waals surface area contributed by atoms with E-state index >= 15 is 0 Å². The first-order chi connectivity index (χ1) is 17.6. The van der Waals surface area contributed by atoms with Crippen LogP contribution in [0.1, 0.15) is 35.3 Å². The number of nitrogens with zero attached hydrogens (tertiary/aromatic N) is 4. The highest BCUT2D eigenvalue weighted by atomic mass is 32.2. The van der Waals surface area contributed by atoms with Crippen LogP contribution in [0.3, 0.4) is 0 Å². The molecule has 0 aliphatic heterocycles. The van der Waals surface area contributed by atoms with Gasteiger partial charge in [-0.15, -0.1) is 0 Å². The summed E-state index contributed by atoms with van der Waals surface area (Å²) in [4.78, 5) is 26.5. The highest BCUT2D eigenvalue weighted by Gasteiger charge is 2.14. The average Bonchev–Trinajstić information content (AvgIpc) is 2.93. The van der Waals surface area contributed by atoms with E-state index in [0.717, 1.165) is 52.2 Å². The van der Waals surface area contributed by atoms with E-state index in [9.17, 15) is 4.79 Å². The van der Waals surface area contributed by atoms with Crippen molar-refractivity contribution in [2.75, 3.05) is 25.0 Å². The summed E-state index contributed by atoms with van der Waals surface area (Å²) in [6.07, 6.45) is 0. The monoisotopic (exact) mass is 496 g/mol. The van der Waals surface area contributed by atoms with Crippen molar-refractivity contribution in [3.8, 4) is 11.3 Å². The Morgan fingerprint density at radius 3 is 2.08 bits per heavy atom. The molecule has 4 rings (SSSR count). The molecule has 0 bridgehead atoms. The van der Waals surface area contributed by atoms with Crippen LogP contribution in [0.15, 0.2) is 96.2 Å². The molecule has 0 spiro atoms. The fraction of sp³-hybridized carbons (Fsp3) is 0.233. The number of rotatable bonds is 10. The molecular formula is C30H32N4OS. The normalized spacial score (nSPS) is 10.8. The highest BCUT2D eigenvalue weighted by Crippen LogP contribution is 2.27. The SMILES string of the molecule is CCN(CC)c1cc(-c2ccccc2)nc(SCc2ccc(C(=O)N(C)Cc3ccccc3)cc2)n1. The van der Waals surface area contributed by atoms with E-state index in [1.807, 2.05) is 79.8 Å². The second-order valence-electron chi connectivity index (χ2n) is 8.56. The van der Waals surface area contributed by atoms with E-state index in [2.05, 4.69) is 36.9 Å². The predicted octanol–water partition coefficient (Wildman–Crippen LogP) is 6.55. The van der Waals surface area contributed by atoms with Gasteiger partial charge in [0.2, 0.25) is 0 Å². The summed E-state index contributed by atoms with van der Waals surface area (Å²) in [6, 6.07) is 30.2. The van der Waals surface area contributed by atoms with Gasteiger partial charge in [0.15, 0.2) is 5.16 Å². The van der Waals surface area contributed by atoms with Gasteiger partial charge in [-0.2, -0.15) is 0 Å². The first kappa shape index (κ1) is 25.5. The number of hydrogen-bond acceptors (Lipinski definition) is 5. The van der Waals surface area contributed by atoms with Crippen molar-refractivity contribution in [3.05, 3.63) is 108 Å². The molecule has 0 saturated heterocycles. The van der Waals surface area contributed by atoms with Crippen molar-refractivity contribution in [1.82, 2.24) is 14.9 Å². The molecule has 0 aliphatic carbocycles. The van der Waals surface area contributed by atoms with Gasteiger partial charge in [-0.1, -0.05) is 84.6 Å². The summed E-state index contributed by atoms with van der Waals surface area (Å²) in [7, 11) is 1.84. The van der Waals surface area contributed by atoms with Crippen LogP contribution in [0.4, 0.5) is 5.82 Å². The zero-order valence-corrected chi connectivity index (χ0v) is 21.9. The Balaban J connectivity index is 1.46. The maximum Gasteiger partial charge on any atom is 0.253 e. The van der Waals surface area contributed by atoms with Crippen LogP contribution in [-0.2, 0) is 12.3 Å². The molecule has 0 radical (unpaired) electrons. The maximum atomic E-state index is 12.9. The third kappa shape index (κ3) is 6.52. The van der Waals surface area contributed by atoms with Crippen LogP contribution in [0.5, 0.6) is 0 Å². The molecule has 5 nitrogen and oxygen atoms in total. The number of hydrogen-bond donors (Lipinski definition) is 0. The van der Waals surface area contributed by atoms with E-state index in [1.54, 1.807) is 16.7 Å². The van der Waals surface area contributed by atoms with Gasteiger partial charge in [-0.3, -0.25) is 4.79 Å². The summed E-state index contributed by atoms with van der Waals surface area (Å²) < 4.78 is 0. The Morgan fingerprint density at radius 2 is 1.44 bits per heavy atom. The van der Waals surface area contributed by atoms with Gasteiger partial charge in [0.05, 0.1) is 5.69 Å². The van der Waals surface area contributed by atoms with Crippen LogP contribution in [0, 0.1) is 0 Å². The van der Waals surface area contributed by atoms with Crippen molar-refractivity contribution in [1.29, 1.82) is 0 Å². The molecule has 0 atom stereocenters. The first-order valence-electron chi connectivity index (χ1n) is 12.3. The van der Waals surface area contributed by atoms with Gasteiger partial charge in [0.25, 0.3) is 5.91 Å². The molecule has 1 aromatic heterocycles. The predicted molar refractivity (Wildman–Crippen MR) is 149 cm³/mol. The standard InChI is InChI=1S/C30H32N4OS/c1-4-34(5-2)28-20-27(25-14-10-7-11-15-25)31-30(32-28)36-22-24-16-18-26(19-17-24)29(35)33(3)21-23-12-8-6-9-13-23/h6-20H,4-5,21-22H2,1-3H3. The molecule has 0 saturated carbocycles. The largest absolute Gasteiger partial charge is 0.357 e. The number of aromatic nitrogens is 2. The maximum absolute atomic E-state index is 12.9. The number of benzene rings is 3. The van der Waals surface area contributed by atoms with Gasteiger partial charge in [-0.25, -0.2) is 9.97 Å². The molecular weight excluding hydrogens is 464 g/mol. The van der Waals surface area contributed by atoms with Gasteiger partial charge >= 0.3 is 0 Å². The molecule has 1 heterocycles. The Morgan fingerprint density at radius 1 is 0.806 bits per heavy atom. The molecule has 3 aromatic carbocycles. The lowest BCUT2D eigenvalue weighted by Gasteiger charge is -2.21. The van der Waals surface area contributed by atoms with Gasteiger partial charge in [0.1, 0.15) is 5.82 Å². The Hall–Kier alpha value is -3.64. The third-order valence-corrected chi connectivity index (χ3v) is 6.95. The van der Waals surface area contributed by atoms with Gasteiger partial charge in [0, 0.05) is 49.6 Å². The summed E-state index contributed by atoms with van der Waals surface area (Å²) >= 11 is 1.61. The number of anilines is 1. The van der Waals surface area contributed by atoms with Crippen molar-refractivity contribution in [3.63, 3.8) is 0 Å². The first-order valence-corrected chi connectivity index (χ1v) is 13.3.